The summed E-state index contributed by atoms with van der Waals surface area (Å²) in [6, 6.07) is 24.0. The number of carbonyl (C=O) groups is 2. The number of rotatable bonds is 8. The molecule has 0 saturated heterocycles. The van der Waals surface area contributed by atoms with E-state index in [1.54, 1.807) is 7.11 Å². The molecule has 0 radical (unpaired) electrons. The van der Waals surface area contributed by atoms with Crippen LogP contribution in [0.15, 0.2) is 72.8 Å². The number of benzene rings is 3. The van der Waals surface area contributed by atoms with Crippen LogP contribution in [0, 0.1) is 6.92 Å². The van der Waals surface area contributed by atoms with Crippen molar-refractivity contribution in [1.29, 1.82) is 0 Å². The van der Waals surface area contributed by atoms with E-state index in [0.717, 1.165) is 36.0 Å². The molecule has 0 bridgehead atoms. The van der Waals surface area contributed by atoms with Gasteiger partial charge in [-0.15, -0.1) is 0 Å². The van der Waals surface area contributed by atoms with E-state index in [2.05, 4.69) is 18.2 Å². The third kappa shape index (κ3) is 5.76. The second-order valence-corrected chi connectivity index (χ2v) is 7.65. The first-order chi connectivity index (χ1) is 15.5. The van der Waals surface area contributed by atoms with Gasteiger partial charge in [-0.3, -0.25) is 9.69 Å². The van der Waals surface area contributed by atoms with Gasteiger partial charge in [-0.05, 0) is 55.0 Å². The lowest BCUT2D eigenvalue weighted by atomic mass is 10.0. The lowest BCUT2D eigenvalue weighted by Crippen LogP contribution is -2.38. The third-order valence-electron chi connectivity index (χ3n) is 5.37. The van der Waals surface area contributed by atoms with Gasteiger partial charge in [0.1, 0.15) is 5.75 Å². The minimum absolute atomic E-state index is 0.383. The van der Waals surface area contributed by atoms with Crippen LogP contribution in [-0.2, 0) is 20.7 Å². The van der Waals surface area contributed by atoms with E-state index in [1.807, 2.05) is 61.5 Å². The molecule has 0 aliphatic heterocycles. The predicted molar refractivity (Wildman–Crippen MR) is 127 cm³/mol. The normalized spacial score (nSPS) is 10.5. The van der Waals surface area contributed by atoms with Crippen molar-refractivity contribution in [3.63, 3.8) is 0 Å². The van der Waals surface area contributed by atoms with Gasteiger partial charge in [0.2, 0.25) is 0 Å². The first kappa shape index (κ1) is 23.1. The Labute approximate surface area is 189 Å². The lowest BCUT2D eigenvalue weighted by Gasteiger charge is -2.24. The molecule has 3 aromatic rings. The molecule has 1 amide bonds. The lowest BCUT2D eigenvalue weighted by molar-refractivity contribution is -0.151. The Morgan fingerprint density at radius 2 is 1.59 bits per heavy atom. The highest BCUT2D eigenvalue weighted by Crippen LogP contribution is 2.34. The van der Waals surface area contributed by atoms with Crippen LogP contribution in [0.2, 0.25) is 0 Å². The number of nitrogens with zero attached hydrogens (tertiary/aromatic N) is 1. The summed E-state index contributed by atoms with van der Waals surface area (Å²) in [4.78, 5) is 26.5. The molecule has 0 aliphatic rings. The second kappa shape index (κ2) is 11.1. The van der Waals surface area contributed by atoms with Crippen LogP contribution in [0.3, 0.4) is 0 Å². The van der Waals surface area contributed by atoms with Gasteiger partial charge in [0.15, 0.2) is 0 Å². The van der Waals surface area contributed by atoms with Crippen molar-refractivity contribution in [2.45, 2.75) is 26.2 Å². The predicted octanol–water partition coefficient (Wildman–Crippen LogP) is 5.20. The van der Waals surface area contributed by atoms with E-state index in [0.29, 0.717) is 18.0 Å². The molecule has 3 rings (SSSR count). The molecule has 0 atom stereocenters. The summed E-state index contributed by atoms with van der Waals surface area (Å²) in [6.45, 7) is 2.42. The van der Waals surface area contributed by atoms with E-state index in [4.69, 9.17) is 9.47 Å². The molecule has 5 heteroatoms. The Morgan fingerprint density at radius 1 is 0.844 bits per heavy atom. The maximum absolute atomic E-state index is 12.9. The molecule has 5 nitrogen and oxygen atoms in total. The zero-order valence-electron chi connectivity index (χ0n) is 18.8. The smallest absolute Gasteiger partial charge is 0.397 e. The highest BCUT2D eigenvalue weighted by molar-refractivity contribution is 6.38. The number of hydrogen-bond acceptors (Lipinski definition) is 4. The quantitative estimate of drug-likeness (QED) is 0.279. The number of unbranched alkanes of at least 4 members (excludes halogenated alkanes) is 1. The van der Waals surface area contributed by atoms with Crippen molar-refractivity contribution in [1.82, 2.24) is 0 Å². The Kier molecular flexibility index (Phi) is 8.03. The highest BCUT2D eigenvalue weighted by Gasteiger charge is 2.26. The largest absolute Gasteiger partial charge is 0.495 e. The van der Waals surface area contributed by atoms with Gasteiger partial charge in [-0.25, -0.2) is 4.79 Å². The van der Waals surface area contributed by atoms with Crippen LogP contribution in [-0.4, -0.2) is 32.6 Å². The van der Waals surface area contributed by atoms with Gasteiger partial charge in [0.25, 0.3) is 0 Å². The molecule has 0 unspecified atom stereocenters. The number of carbonyl (C=O) groups excluding carboxylic acids is 2. The summed E-state index contributed by atoms with van der Waals surface area (Å²) in [6.07, 6.45) is 2.52. The highest BCUT2D eigenvalue weighted by atomic mass is 16.5. The third-order valence-corrected chi connectivity index (χ3v) is 5.37. The summed E-state index contributed by atoms with van der Waals surface area (Å²) in [5, 5.41) is 0. The number of anilines is 1. The molecule has 0 fully saturated rings. The van der Waals surface area contributed by atoms with Gasteiger partial charge < -0.3 is 9.47 Å². The summed E-state index contributed by atoms with van der Waals surface area (Å²) >= 11 is 0. The van der Waals surface area contributed by atoms with E-state index in [1.165, 1.54) is 17.6 Å². The molecule has 3 aromatic carbocycles. The minimum Gasteiger partial charge on any atom is -0.495 e. The first-order valence-electron chi connectivity index (χ1n) is 10.7. The fourth-order valence-corrected chi connectivity index (χ4v) is 3.68. The summed E-state index contributed by atoms with van der Waals surface area (Å²) in [7, 11) is 2.77. The van der Waals surface area contributed by atoms with Crippen LogP contribution >= 0.6 is 0 Å². The first-order valence-corrected chi connectivity index (χ1v) is 10.7. The van der Waals surface area contributed by atoms with Crippen molar-refractivity contribution in [3.8, 4) is 16.9 Å². The molecule has 0 aliphatic carbocycles. The molecule has 0 saturated carbocycles. The average molecular weight is 432 g/mol. The summed E-state index contributed by atoms with van der Waals surface area (Å²) in [5.74, 6) is -1.07. The number of hydrogen-bond donors (Lipinski definition) is 0. The van der Waals surface area contributed by atoms with Crippen molar-refractivity contribution < 1.29 is 19.1 Å². The molecular formula is C27H29NO4. The van der Waals surface area contributed by atoms with Crippen molar-refractivity contribution in [2.24, 2.45) is 0 Å². The van der Waals surface area contributed by atoms with Gasteiger partial charge in [-0.1, -0.05) is 66.2 Å². The number of aryl methyl sites for hydroxylation is 2. The standard InChI is InChI=1S/C27H29NO4/c1-20-10-9-14-22(18-20)23-15-16-25(31-2)24(19-23)28(26(29)27(30)32-3)17-8-7-13-21-11-5-4-6-12-21/h4-6,9-12,14-16,18-19H,7-8,13,17H2,1-3H3. The van der Waals surface area contributed by atoms with Gasteiger partial charge in [0.05, 0.1) is 19.9 Å². The molecule has 0 spiro atoms. The SMILES string of the molecule is COC(=O)C(=O)N(CCCCc1ccccc1)c1cc(-c2cccc(C)c2)ccc1OC. The van der Waals surface area contributed by atoms with E-state index < -0.39 is 11.9 Å². The van der Waals surface area contributed by atoms with Crippen LogP contribution < -0.4 is 9.64 Å². The molecular weight excluding hydrogens is 402 g/mol. The fourth-order valence-electron chi connectivity index (χ4n) is 3.68. The van der Waals surface area contributed by atoms with Crippen molar-refractivity contribution >= 4 is 17.6 Å². The maximum Gasteiger partial charge on any atom is 0.397 e. The Bertz CT molecular complexity index is 1060. The van der Waals surface area contributed by atoms with Crippen LogP contribution in [0.4, 0.5) is 5.69 Å². The summed E-state index contributed by atoms with van der Waals surface area (Å²) < 4.78 is 10.3. The van der Waals surface area contributed by atoms with Crippen LogP contribution in [0.5, 0.6) is 5.75 Å². The number of esters is 1. The topological polar surface area (TPSA) is 55.8 Å². The van der Waals surface area contributed by atoms with Crippen LogP contribution in [0.1, 0.15) is 24.0 Å². The molecule has 166 valence electrons. The minimum atomic E-state index is -0.893. The van der Waals surface area contributed by atoms with Crippen molar-refractivity contribution in [2.75, 3.05) is 25.7 Å². The Morgan fingerprint density at radius 3 is 2.28 bits per heavy atom. The van der Waals surface area contributed by atoms with Gasteiger partial charge >= 0.3 is 11.9 Å². The fraction of sp³-hybridized carbons (Fsp3) is 0.259. The molecule has 0 aromatic heterocycles. The average Bonchev–Trinajstić information content (AvgIpc) is 2.83. The van der Waals surface area contributed by atoms with E-state index >= 15 is 0 Å². The Hall–Kier alpha value is -3.60. The zero-order valence-corrected chi connectivity index (χ0v) is 18.8. The molecule has 0 heterocycles. The number of amides is 1. The van der Waals surface area contributed by atoms with Crippen LogP contribution in [0.25, 0.3) is 11.1 Å². The zero-order chi connectivity index (χ0) is 22.9. The monoisotopic (exact) mass is 431 g/mol. The summed E-state index contributed by atoms with van der Waals surface area (Å²) in [5.41, 5.74) is 4.92. The maximum atomic E-state index is 12.9. The van der Waals surface area contributed by atoms with Gasteiger partial charge in [-0.2, -0.15) is 0 Å². The number of ether oxygens (including phenoxy) is 2. The Balaban J connectivity index is 1.87. The van der Waals surface area contributed by atoms with Gasteiger partial charge in [0, 0.05) is 6.54 Å². The molecule has 0 N–H and O–H groups in total. The molecule has 32 heavy (non-hydrogen) atoms. The number of methoxy groups -OCH3 is 2. The van der Waals surface area contributed by atoms with E-state index in [9.17, 15) is 9.59 Å². The second-order valence-electron chi connectivity index (χ2n) is 7.65. The van der Waals surface area contributed by atoms with E-state index in [-0.39, 0.29) is 0 Å². The van der Waals surface area contributed by atoms with Crippen molar-refractivity contribution in [3.05, 3.63) is 83.9 Å².